The van der Waals surface area contributed by atoms with Crippen molar-refractivity contribution < 1.29 is 13.9 Å². The van der Waals surface area contributed by atoms with Gasteiger partial charge in [-0.25, -0.2) is 4.39 Å². The van der Waals surface area contributed by atoms with Crippen molar-refractivity contribution in [2.75, 3.05) is 5.32 Å². The summed E-state index contributed by atoms with van der Waals surface area (Å²) in [4.78, 5) is 13.1. The highest BCUT2D eigenvalue weighted by Crippen LogP contribution is 2.21. The van der Waals surface area contributed by atoms with Gasteiger partial charge in [0.2, 0.25) is 0 Å². The van der Waals surface area contributed by atoms with Crippen molar-refractivity contribution in [2.45, 2.75) is 13.2 Å². The monoisotopic (exact) mass is 441 g/mol. The standard InChI is InChI=1S/C22H17ClFN3O2S/c23-17-5-7-19(8-6-17)29-13-15-9-21(30-14-15)22(28)26-18-10-25-27(12-18)11-16-3-1-2-4-20(16)24/h1-10,12,14H,11,13H2,(H,26,28). The van der Waals surface area contributed by atoms with E-state index in [1.807, 2.05) is 5.38 Å². The zero-order valence-corrected chi connectivity index (χ0v) is 17.3. The fourth-order valence-electron chi connectivity index (χ4n) is 2.78. The molecule has 0 radical (unpaired) electrons. The van der Waals surface area contributed by atoms with Crippen LogP contribution < -0.4 is 10.1 Å². The van der Waals surface area contributed by atoms with Gasteiger partial charge in [-0.05, 0) is 41.8 Å². The van der Waals surface area contributed by atoms with Gasteiger partial charge in [0.25, 0.3) is 5.91 Å². The third-order valence-corrected chi connectivity index (χ3v) is 5.51. The number of rotatable bonds is 7. The van der Waals surface area contributed by atoms with Crippen molar-refractivity contribution in [1.82, 2.24) is 9.78 Å². The number of aromatic nitrogens is 2. The van der Waals surface area contributed by atoms with Crippen LogP contribution in [0.25, 0.3) is 0 Å². The summed E-state index contributed by atoms with van der Waals surface area (Å²) in [5, 5.41) is 9.52. The smallest absolute Gasteiger partial charge is 0.265 e. The van der Waals surface area contributed by atoms with Crippen molar-refractivity contribution in [2.24, 2.45) is 0 Å². The Morgan fingerprint density at radius 3 is 2.80 bits per heavy atom. The Morgan fingerprint density at radius 1 is 1.20 bits per heavy atom. The first-order valence-electron chi connectivity index (χ1n) is 9.10. The number of nitrogens with one attached hydrogen (secondary N) is 1. The van der Waals surface area contributed by atoms with Crippen LogP contribution in [0.2, 0.25) is 5.02 Å². The Kier molecular flexibility index (Phi) is 6.11. The van der Waals surface area contributed by atoms with Crippen LogP contribution in [0.1, 0.15) is 20.8 Å². The largest absolute Gasteiger partial charge is 0.489 e. The lowest BCUT2D eigenvalue weighted by molar-refractivity contribution is 0.103. The molecule has 0 saturated carbocycles. The molecule has 5 nitrogen and oxygen atoms in total. The Labute approximate surface area is 181 Å². The second-order valence-electron chi connectivity index (χ2n) is 6.53. The number of amides is 1. The minimum absolute atomic E-state index is 0.233. The second-order valence-corrected chi connectivity index (χ2v) is 7.88. The molecular formula is C22H17ClFN3O2S. The normalized spacial score (nSPS) is 10.7. The molecule has 2 aromatic carbocycles. The summed E-state index contributed by atoms with van der Waals surface area (Å²) < 4.78 is 21.1. The van der Waals surface area contributed by atoms with E-state index in [4.69, 9.17) is 16.3 Å². The van der Waals surface area contributed by atoms with Crippen molar-refractivity contribution in [1.29, 1.82) is 0 Å². The fourth-order valence-corrected chi connectivity index (χ4v) is 3.69. The van der Waals surface area contributed by atoms with E-state index in [2.05, 4.69) is 10.4 Å². The molecule has 1 amide bonds. The molecule has 152 valence electrons. The van der Waals surface area contributed by atoms with E-state index in [-0.39, 0.29) is 18.3 Å². The Morgan fingerprint density at radius 2 is 2.00 bits per heavy atom. The number of nitrogens with zero attached hydrogens (tertiary/aromatic N) is 2. The number of benzene rings is 2. The van der Waals surface area contributed by atoms with Crippen molar-refractivity contribution >= 4 is 34.5 Å². The lowest BCUT2D eigenvalue weighted by Gasteiger charge is -2.04. The minimum atomic E-state index is -0.287. The molecule has 0 bridgehead atoms. The molecule has 2 aromatic heterocycles. The van der Waals surface area contributed by atoms with Crippen molar-refractivity contribution in [3.63, 3.8) is 0 Å². The molecule has 4 rings (SSSR count). The molecule has 0 spiro atoms. The number of halogens is 2. The van der Waals surface area contributed by atoms with Gasteiger partial charge in [-0.3, -0.25) is 9.48 Å². The van der Waals surface area contributed by atoms with Gasteiger partial charge in [0.15, 0.2) is 0 Å². The molecule has 0 unspecified atom stereocenters. The Balaban J connectivity index is 1.34. The number of anilines is 1. The maximum atomic E-state index is 13.8. The molecule has 0 fully saturated rings. The fraction of sp³-hybridized carbons (Fsp3) is 0.0909. The van der Waals surface area contributed by atoms with Gasteiger partial charge in [-0.2, -0.15) is 5.10 Å². The van der Waals surface area contributed by atoms with Crippen LogP contribution in [-0.4, -0.2) is 15.7 Å². The number of carbonyl (C=O) groups is 1. The lowest BCUT2D eigenvalue weighted by Crippen LogP contribution is -2.09. The van der Waals surface area contributed by atoms with Crippen LogP contribution in [0.15, 0.2) is 72.4 Å². The first-order valence-corrected chi connectivity index (χ1v) is 10.4. The third kappa shape index (κ3) is 5.06. The lowest BCUT2D eigenvalue weighted by atomic mass is 10.2. The highest BCUT2D eigenvalue weighted by atomic mass is 35.5. The zero-order valence-electron chi connectivity index (χ0n) is 15.7. The van der Waals surface area contributed by atoms with Crippen molar-refractivity contribution in [3.8, 4) is 5.75 Å². The number of thiophene rings is 1. The number of carbonyl (C=O) groups excluding carboxylic acids is 1. The van der Waals surface area contributed by atoms with Gasteiger partial charge >= 0.3 is 0 Å². The van der Waals surface area contributed by atoms with Gasteiger partial charge in [-0.1, -0.05) is 29.8 Å². The van der Waals surface area contributed by atoms with Crippen LogP contribution in [0.4, 0.5) is 10.1 Å². The molecule has 30 heavy (non-hydrogen) atoms. The minimum Gasteiger partial charge on any atom is -0.489 e. The molecule has 0 saturated heterocycles. The zero-order chi connectivity index (χ0) is 20.9. The maximum Gasteiger partial charge on any atom is 0.265 e. The first-order chi connectivity index (χ1) is 14.6. The Hall–Kier alpha value is -3.16. The van der Waals surface area contributed by atoms with E-state index < -0.39 is 0 Å². The Bertz CT molecular complexity index is 1160. The third-order valence-electron chi connectivity index (χ3n) is 4.28. The quantitative estimate of drug-likeness (QED) is 0.405. The average molecular weight is 442 g/mol. The van der Waals surface area contributed by atoms with Gasteiger partial charge in [-0.15, -0.1) is 11.3 Å². The highest BCUT2D eigenvalue weighted by molar-refractivity contribution is 7.12. The van der Waals surface area contributed by atoms with E-state index in [1.165, 1.54) is 23.6 Å². The van der Waals surface area contributed by atoms with Crippen LogP contribution in [0, 0.1) is 5.82 Å². The molecule has 8 heteroatoms. The summed E-state index contributed by atoms with van der Waals surface area (Å²) in [5.41, 5.74) is 1.97. The van der Waals surface area contributed by atoms with Crippen LogP contribution in [0.5, 0.6) is 5.75 Å². The van der Waals surface area contributed by atoms with Gasteiger partial charge in [0, 0.05) is 22.3 Å². The number of hydrogen-bond acceptors (Lipinski definition) is 4. The number of ether oxygens (including phenoxy) is 1. The van der Waals surface area contributed by atoms with E-state index in [0.717, 1.165) is 5.56 Å². The van der Waals surface area contributed by atoms with E-state index in [9.17, 15) is 9.18 Å². The molecule has 0 aliphatic carbocycles. The van der Waals surface area contributed by atoms with E-state index >= 15 is 0 Å². The molecule has 0 atom stereocenters. The van der Waals surface area contributed by atoms with Gasteiger partial charge in [0.05, 0.1) is 23.3 Å². The summed E-state index contributed by atoms with van der Waals surface area (Å²) in [5.74, 6) is 0.188. The second kappa shape index (κ2) is 9.11. The summed E-state index contributed by atoms with van der Waals surface area (Å²) in [6.07, 6.45) is 3.21. The van der Waals surface area contributed by atoms with Gasteiger partial charge < -0.3 is 10.1 Å². The summed E-state index contributed by atoms with van der Waals surface area (Å²) in [6.45, 7) is 0.639. The SMILES string of the molecule is O=C(Nc1cnn(Cc2ccccc2F)c1)c1cc(COc2ccc(Cl)cc2)cs1. The number of hydrogen-bond donors (Lipinski definition) is 1. The predicted octanol–water partition coefficient (Wildman–Crippen LogP) is 5.62. The topological polar surface area (TPSA) is 56.2 Å². The molecule has 0 aliphatic rings. The molecule has 2 heterocycles. The van der Waals surface area contributed by atoms with Crippen LogP contribution >= 0.6 is 22.9 Å². The average Bonchev–Trinajstić information content (AvgIpc) is 3.39. The molecule has 4 aromatic rings. The summed E-state index contributed by atoms with van der Waals surface area (Å²) in [6, 6.07) is 15.4. The molecular weight excluding hydrogens is 425 g/mol. The maximum absolute atomic E-state index is 13.8. The van der Waals surface area contributed by atoms with E-state index in [1.54, 1.807) is 59.4 Å². The van der Waals surface area contributed by atoms with Crippen LogP contribution in [0.3, 0.4) is 0 Å². The molecule has 1 N–H and O–H groups in total. The first kappa shape index (κ1) is 20.1. The summed E-state index contributed by atoms with van der Waals surface area (Å²) in [7, 11) is 0. The van der Waals surface area contributed by atoms with Gasteiger partial charge in [0.1, 0.15) is 18.2 Å². The van der Waals surface area contributed by atoms with E-state index in [0.29, 0.717) is 33.5 Å². The van der Waals surface area contributed by atoms with Crippen LogP contribution in [-0.2, 0) is 13.2 Å². The predicted molar refractivity (Wildman–Crippen MR) is 116 cm³/mol. The summed E-state index contributed by atoms with van der Waals surface area (Å²) >= 11 is 7.20. The highest BCUT2D eigenvalue weighted by Gasteiger charge is 2.12. The molecule has 0 aliphatic heterocycles. The van der Waals surface area contributed by atoms with Crippen molar-refractivity contribution in [3.05, 3.63) is 99.2 Å².